The predicted molar refractivity (Wildman–Crippen MR) is 124 cm³/mol. The number of carbonyl (C=O) groups is 1. The number of ether oxygens (including phenoxy) is 2. The highest BCUT2D eigenvalue weighted by atomic mass is 79.9. The average molecular weight is 521 g/mol. The van der Waals surface area contributed by atoms with Gasteiger partial charge in [-0.15, -0.1) is 0 Å². The van der Waals surface area contributed by atoms with Crippen molar-refractivity contribution in [1.82, 2.24) is 9.47 Å². The summed E-state index contributed by atoms with van der Waals surface area (Å²) in [6.45, 7) is 2.39. The van der Waals surface area contributed by atoms with Crippen LogP contribution in [0.2, 0.25) is 0 Å². The Kier molecular flexibility index (Phi) is 7.99. The maximum atomic E-state index is 13.9. The first-order valence-corrected chi connectivity index (χ1v) is 10.9. The van der Waals surface area contributed by atoms with Crippen LogP contribution in [0.1, 0.15) is 21.6 Å². The standard InChI is InChI=1S/C24H23BrF2N2O4/c1-15-11-21(33-14-17-7-8-18(26)13-20(17)27)22(25)24(31)29(15)19-6-4-5-16(12-19)23(30)28(2)9-10-32-3/h4-8,11-13H,9-10,14H2,1-3H3. The molecule has 0 atom stereocenters. The summed E-state index contributed by atoms with van der Waals surface area (Å²) in [7, 11) is 3.24. The average Bonchev–Trinajstić information content (AvgIpc) is 2.79. The minimum atomic E-state index is -0.729. The maximum absolute atomic E-state index is 13.9. The van der Waals surface area contributed by atoms with Gasteiger partial charge in [-0.3, -0.25) is 14.2 Å². The van der Waals surface area contributed by atoms with Gasteiger partial charge in [0, 0.05) is 55.3 Å². The van der Waals surface area contributed by atoms with Gasteiger partial charge in [0.15, 0.2) is 0 Å². The molecule has 1 heterocycles. The zero-order chi connectivity index (χ0) is 24.1. The molecule has 0 spiro atoms. The predicted octanol–water partition coefficient (Wildman–Crippen LogP) is 4.48. The van der Waals surface area contributed by atoms with Crippen molar-refractivity contribution in [3.05, 3.63) is 91.8 Å². The number of halogens is 3. The van der Waals surface area contributed by atoms with Crippen LogP contribution in [0.15, 0.2) is 57.8 Å². The zero-order valence-electron chi connectivity index (χ0n) is 18.4. The largest absolute Gasteiger partial charge is 0.487 e. The van der Waals surface area contributed by atoms with E-state index < -0.39 is 17.2 Å². The highest BCUT2D eigenvalue weighted by Gasteiger charge is 2.17. The quantitative estimate of drug-likeness (QED) is 0.439. The number of likely N-dealkylation sites (N-methyl/N-ethyl adjacent to an activating group) is 1. The third-order valence-corrected chi connectivity index (χ3v) is 5.76. The van der Waals surface area contributed by atoms with E-state index in [1.54, 1.807) is 56.3 Å². The van der Waals surface area contributed by atoms with Gasteiger partial charge in [0.1, 0.15) is 28.5 Å². The Bertz CT molecular complexity index is 1230. The lowest BCUT2D eigenvalue weighted by molar-refractivity contribution is 0.0744. The van der Waals surface area contributed by atoms with Crippen LogP contribution in [-0.4, -0.2) is 42.7 Å². The van der Waals surface area contributed by atoms with Gasteiger partial charge < -0.3 is 14.4 Å². The summed E-state index contributed by atoms with van der Waals surface area (Å²) in [6.07, 6.45) is 0. The number of methoxy groups -OCH3 is 1. The van der Waals surface area contributed by atoms with E-state index in [-0.39, 0.29) is 28.3 Å². The molecule has 1 aromatic heterocycles. The molecule has 1 amide bonds. The van der Waals surface area contributed by atoms with Crippen LogP contribution in [0, 0.1) is 18.6 Å². The Morgan fingerprint density at radius 2 is 1.91 bits per heavy atom. The number of aromatic nitrogens is 1. The molecule has 2 aromatic carbocycles. The number of hydrogen-bond acceptors (Lipinski definition) is 4. The third kappa shape index (κ3) is 5.66. The molecule has 0 saturated carbocycles. The molecule has 0 unspecified atom stereocenters. The summed E-state index contributed by atoms with van der Waals surface area (Å²) in [5.41, 5.74) is 1.26. The summed E-state index contributed by atoms with van der Waals surface area (Å²) >= 11 is 3.26. The maximum Gasteiger partial charge on any atom is 0.273 e. The first kappa shape index (κ1) is 24.6. The molecule has 3 aromatic rings. The molecule has 0 aliphatic carbocycles. The van der Waals surface area contributed by atoms with Crippen LogP contribution in [0.4, 0.5) is 8.78 Å². The molecule has 0 bridgehead atoms. The van der Waals surface area contributed by atoms with Crippen LogP contribution in [-0.2, 0) is 11.3 Å². The molecule has 0 aliphatic heterocycles. The smallest absolute Gasteiger partial charge is 0.273 e. The van der Waals surface area contributed by atoms with E-state index in [1.165, 1.54) is 10.6 Å². The molecule has 0 fully saturated rings. The number of hydrogen-bond donors (Lipinski definition) is 0. The lowest BCUT2D eigenvalue weighted by Gasteiger charge is -2.18. The molecule has 33 heavy (non-hydrogen) atoms. The summed E-state index contributed by atoms with van der Waals surface area (Å²) in [5.74, 6) is -1.38. The van der Waals surface area contributed by atoms with Crippen molar-refractivity contribution in [1.29, 1.82) is 0 Å². The van der Waals surface area contributed by atoms with Crippen molar-refractivity contribution in [2.75, 3.05) is 27.3 Å². The van der Waals surface area contributed by atoms with E-state index in [0.29, 0.717) is 30.1 Å². The van der Waals surface area contributed by atoms with E-state index >= 15 is 0 Å². The summed E-state index contributed by atoms with van der Waals surface area (Å²) in [4.78, 5) is 27.3. The normalized spacial score (nSPS) is 10.8. The minimum Gasteiger partial charge on any atom is -0.487 e. The van der Waals surface area contributed by atoms with Crippen molar-refractivity contribution in [2.24, 2.45) is 0 Å². The number of pyridine rings is 1. The SMILES string of the molecule is COCCN(C)C(=O)c1cccc(-n2c(C)cc(OCc3ccc(F)cc3F)c(Br)c2=O)c1. The van der Waals surface area contributed by atoms with Gasteiger partial charge in [-0.05, 0) is 53.2 Å². The second kappa shape index (κ2) is 10.7. The molecule has 0 N–H and O–H groups in total. The van der Waals surface area contributed by atoms with E-state index in [9.17, 15) is 18.4 Å². The Balaban J connectivity index is 1.89. The molecule has 3 rings (SSSR count). The zero-order valence-corrected chi connectivity index (χ0v) is 20.0. The Morgan fingerprint density at radius 1 is 1.15 bits per heavy atom. The molecule has 0 saturated heterocycles. The lowest BCUT2D eigenvalue weighted by atomic mass is 10.1. The Hall–Kier alpha value is -3.04. The number of amides is 1. The summed E-state index contributed by atoms with van der Waals surface area (Å²) in [6, 6.07) is 11.6. The highest BCUT2D eigenvalue weighted by molar-refractivity contribution is 9.10. The first-order valence-electron chi connectivity index (χ1n) is 10.1. The van der Waals surface area contributed by atoms with Crippen LogP contribution in [0.3, 0.4) is 0 Å². The van der Waals surface area contributed by atoms with Gasteiger partial charge in [-0.25, -0.2) is 8.78 Å². The van der Waals surface area contributed by atoms with E-state index in [2.05, 4.69) is 15.9 Å². The van der Waals surface area contributed by atoms with Crippen LogP contribution in [0.5, 0.6) is 5.75 Å². The van der Waals surface area contributed by atoms with Crippen LogP contribution >= 0.6 is 15.9 Å². The van der Waals surface area contributed by atoms with E-state index in [1.807, 2.05) is 0 Å². The molecular weight excluding hydrogens is 498 g/mol. The fourth-order valence-electron chi connectivity index (χ4n) is 3.23. The lowest BCUT2D eigenvalue weighted by Crippen LogP contribution is -2.30. The molecule has 9 heteroatoms. The van der Waals surface area contributed by atoms with Crippen molar-refractivity contribution < 1.29 is 23.0 Å². The van der Waals surface area contributed by atoms with Gasteiger partial charge in [-0.1, -0.05) is 6.07 Å². The van der Waals surface area contributed by atoms with E-state index in [4.69, 9.17) is 9.47 Å². The summed E-state index contributed by atoms with van der Waals surface area (Å²) in [5, 5.41) is 0. The minimum absolute atomic E-state index is 0.143. The molecule has 6 nitrogen and oxygen atoms in total. The van der Waals surface area contributed by atoms with Gasteiger partial charge >= 0.3 is 0 Å². The van der Waals surface area contributed by atoms with Gasteiger partial charge in [0.25, 0.3) is 11.5 Å². The van der Waals surface area contributed by atoms with Crippen molar-refractivity contribution in [2.45, 2.75) is 13.5 Å². The van der Waals surface area contributed by atoms with Crippen LogP contribution in [0.25, 0.3) is 5.69 Å². The third-order valence-electron chi connectivity index (χ3n) is 5.03. The molecule has 0 radical (unpaired) electrons. The summed E-state index contributed by atoms with van der Waals surface area (Å²) < 4.78 is 39.2. The number of nitrogens with zero attached hydrogens (tertiary/aromatic N) is 2. The van der Waals surface area contributed by atoms with Gasteiger partial charge in [0.2, 0.25) is 0 Å². The Morgan fingerprint density at radius 3 is 2.61 bits per heavy atom. The fraction of sp³-hybridized carbons (Fsp3) is 0.250. The topological polar surface area (TPSA) is 60.8 Å². The number of benzene rings is 2. The van der Waals surface area contributed by atoms with Crippen molar-refractivity contribution in [3.8, 4) is 11.4 Å². The number of aryl methyl sites for hydroxylation is 1. The fourth-order valence-corrected chi connectivity index (χ4v) is 3.64. The van der Waals surface area contributed by atoms with Crippen molar-refractivity contribution in [3.63, 3.8) is 0 Å². The second-order valence-electron chi connectivity index (χ2n) is 7.40. The highest BCUT2D eigenvalue weighted by Crippen LogP contribution is 2.26. The first-order chi connectivity index (χ1) is 15.7. The number of rotatable bonds is 8. The molecular formula is C24H23BrF2N2O4. The van der Waals surface area contributed by atoms with Crippen molar-refractivity contribution >= 4 is 21.8 Å². The van der Waals surface area contributed by atoms with Gasteiger partial charge in [-0.2, -0.15) is 0 Å². The molecule has 174 valence electrons. The monoisotopic (exact) mass is 520 g/mol. The van der Waals surface area contributed by atoms with E-state index in [0.717, 1.165) is 12.1 Å². The van der Waals surface area contributed by atoms with Gasteiger partial charge in [0.05, 0.1) is 6.61 Å². The number of carbonyl (C=O) groups excluding carboxylic acids is 1. The molecule has 0 aliphatic rings. The second-order valence-corrected chi connectivity index (χ2v) is 8.19. The van der Waals surface area contributed by atoms with Crippen LogP contribution < -0.4 is 10.3 Å². The Labute approximate surface area is 198 Å².